The predicted molar refractivity (Wildman–Crippen MR) is 67.2 cm³/mol. The van der Waals surface area contributed by atoms with E-state index in [-0.39, 0.29) is 0 Å². The smallest absolute Gasteiger partial charge is 0.126 e. The molecule has 1 N–H and O–H groups in total. The van der Waals surface area contributed by atoms with Crippen molar-refractivity contribution < 1.29 is 4.42 Å². The average Bonchev–Trinajstić information content (AvgIpc) is 2.78. The van der Waals surface area contributed by atoms with Gasteiger partial charge in [0.15, 0.2) is 0 Å². The second-order valence-electron chi connectivity index (χ2n) is 4.92. The number of nitrogens with one attached hydrogen (secondary N) is 1. The lowest BCUT2D eigenvalue weighted by Crippen LogP contribution is -2.43. The summed E-state index contributed by atoms with van der Waals surface area (Å²) in [5, 5.41) is 3.63. The zero-order chi connectivity index (χ0) is 11.3. The molecular formula is C14H21NO. The summed E-state index contributed by atoms with van der Waals surface area (Å²) in [6.45, 7) is 3.27. The van der Waals surface area contributed by atoms with Crippen molar-refractivity contribution in [2.75, 3.05) is 6.54 Å². The lowest BCUT2D eigenvalue weighted by Gasteiger charge is -2.34. The molecular weight excluding hydrogens is 198 g/mol. The Morgan fingerprint density at radius 1 is 1.38 bits per heavy atom. The minimum atomic E-state index is 0.353. The molecule has 0 aromatic carbocycles. The van der Waals surface area contributed by atoms with Crippen molar-refractivity contribution in [2.24, 2.45) is 0 Å². The molecule has 1 aromatic rings. The Morgan fingerprint density at radius 2 is 2.19 bits per heavy atom. The van der Waals surface area contributed by atoms with Crippen LogP contribution in [0, 0.1) is 0 Å². The van der Waals surface area contributed by atoms with Crippen molar-refractivity contribution in [3.63, 3.8) is 0 Å². The predicted octanol–water partition coefficient (Wildman–Crippen LogP) is 3.61. The van der Waals surface area contributed by atoms with Gasteiger partial charge in [0.25, 0.3) is 0 Å². The first-order chi connectivity index (χ1) is 7.79. The van der Waals surface area contributed by atoms with Crippen LogP contribution >= 0.6 is 0 Å². The minimum absolute atomic E-state index is 0.353. The maximum absolute atomic E-state index is 5.24. The molecule has 0 bridgehead atoms. The van der Waals surface area contributed by atoms with Gasteiger partial charge in [-0.15, -0.1) is 0 Å². The molecule has 1 aromatic heterocycles. The van der Waals surface area contributed by atoms with Gasteiger partial charge >= 0.3 is 0 Å². The van der Waals surface area contributed by atoms with E-state index in [0.29, 0.717) is 5.54 Å². The molecule has 1 aliphatic carbocycles. The Morgan fingerprint density at radius 3 is 2.88 bits per heavy atom. The van der Waals surface area contributed by atoms with Crippen LogP contribution in [0.1, 0.15) is 44.8 Å². The van der Waals surface area contributed by atoms with Gasteiger partial charge in [0.2, 0.25) is 0 Å². The molecule has 0 atom stereocenters. The summed E-state index contributed by atoms with van der Waals surface area (Å²) in [7, 11) is 0. The van der Waals surface area contributed by atoms with Crippen molar-refractivity contribution in [1.82, 2.24) is 5.32 Å². The monoisotopic (exact) mass is 219 g/mol. The van der Waals surface area contributed by atoms with Gasteiger partial charge < -0.3 is 9.73 Å². The fraction of sp³-hybridized carbons (Fsp3) is 0.571. The normalized spacial score (nSPS) is 20.3. The van der Waals surface area contributed by atoms with Crippen LogP contribution in [0.25, 0.3) is 6.08 Å². The van der Waals surface area contributed by atoms with Gasteiger partial charge in [-0.05, 0) is 38.0 Å². The number of hydrogen-bond donors (Lipinski definition) is 1. The van der Waals surface area contributed by atoms with E-state index in [1.54, 1.807) is 6.26 Å². The molecule has 2 rings (SSSR count). The van der Waals surface area contributed by atoms with Crippen LogP contribution in [0.3, 0.4) is 0 Å². The largest absolute Gasteiger partial charge is 0.465 e. The number of rotatable bonds is 4. The summed E-state index contributed by atoms with van der Waals surface area (Å²) >= 11 is 0. The third-order valence-corrected chi connectivity index (χ3v) is 3.43. The van der Waals surface area contributed by atoms with Crippen molar-refractivity contribution in [2.45, 2.75) is 44.6 Å². The molecule has 0 spiro atoms. The van der Waals surface area contributed by atoms with Crippen LogP contribution in [0.4, 0.5) is 0 Å². The Labute approximate surface area is 97.7 Å². The standard InChI is InChI=1S/C14H21NO/c1-14(9-3-2-4-10-14)15-11-5-7-13-8-6-12-16-13/h5-8,12,15H,2-4,9-11H2,1H3/b7-5+. The molecule has 16 heavy (non-hydrogen) atoms. The van der Waals surface area contributed by atoms with Crippen molar-refractivity contribution >= 4 is 6.08 Å². The Kier molecular flexibility index (Phi) is 3.83. The summed E-state index contributed by atoms with van der Waals surface area (Å²) < 4.78 is 5.24. The maximum atomic E-state index is 5.24. The second-order valence-corrected chi connectivity index (χ2v) is 4.92. The van der Waals surface area contributed by atoms with Crippen LogP contribution in [0.5, 0.6) is 0 Å². The van der Waals surface area contributed by atoms with Gasteiger partial charge in [-0.3, -0.25) is 0 Å². The third kappa shape index (κ3) is 3.24. The molecule has 88 valence electrons. The molecule has 1 heterocycles. The molecule has 0 aliphatic heterocycles. The zero-order valence-corrected chi connectivity index (χ0v) is 10.0. The summed E-state index contributed by atoms with van der Waals surface area (Å²) in [6.07, 6.45) is 12.6. The lowest BCUT2D eigenvalue weighted by molar-refractivity contribution is 0.263. The molecule has 1 aliphatic rings. The van der Waals surface area contributed by atoms with E-state index in [1.165, 1.54) is 32.1 Å². The van der Waals surface area contributed by atoms with E-state index in [9.17, 15) is 0 Å². The Bertz CT molecular complexity index is 321. The summed E-state index contributed by atoms with van der Waals surface area (Å²) in [5.41, 5.74) is 0.353. The first-order valence-corrected chi connectivity index (χ1v) is 6.24. The second kappa shape index (κ2) is 5.35. The minimum Gasteiger partial charge on any atom is -0.465 e. The van der Waals surface area contributed by atoms with E-state index in [1.807, 2.05) is 18.2 Å². The van der Waals surface area contributed by atoms with Crippen molar-refractivity contribution in [3.8, 4) is 0 Å². The average molecular weight is 219 g/mol. The zero-order valence-electron chi connectivity index (χ0n) is 10.0. The SMILES string of the molecule is CC1(NC/C=C/c2ccco2)CCCCC1. The molecule has 2 heteroatoms. The van der Waals surface area contributed by atoms with E-state index in [0.717, 1.165) is 12.3 Å². The van der Waals surface area contributed by atoms with Crippen LogP contribution in [0.15, 0.2) is 28.9 Å². The van der Waals surface area contributed by atoms with Crippen molar-refractivity contribution in [3.05, 3.63) is 30.2 Å². The Hall–Kier alpha value is -1.02. The van der Waals surface area contributed by atoms with E-state index >= 15 is 0 Å². The van der Waals surface area contributed by atoms with Gasteiger partial charge in [-0.25, -0.2) is 0 Å². The van der Waals surface area contributed by atoms with Gasteiger partial charge in [-0.1, -0.05) is 25.3 Å². The highest BCUT2D eigenvalue weighted by Crippen LogP contribution is 2.27. The summed E-state index contributed by atoms with van der Waals surface area (Å²) in [5.74, 6) is 0.926. The first kappa shape index (κ1) is 11.5. The maximum Gasteiger partial charge on any atom is 0.126 e. The molecule has 1 saturated carbocycles. The van der Waals surface area contributed by atoms with Crippen LogP contribution < -0.4 is 5.32 Å². The topological polar surface area (TPSA) is 25.2 Å². The summed E-state index contributed by atoms with van der Waals surface area (Å²) in [6, 6.07) is 3.88. The highest BCUT2D eigenvalue weighted by Gasteiger charge is 2.24. The fourth-order valence-electron chi connectivity index (χ4n) is 2.38. The van der Waals surface area contributed by atoms with Crippen LogP contribution in [-0.2, 0) is 0 Å². The fourth-order valence-corrected chi connectivity index (χ4v) is 2.38. The van der Waals surface area contributed by atoms with Crippen molar-refractivity contribution in [1.29, 1.82) is 0 Å². The summed E-state index contributed by atoms with van der Waals surface area (Å²) in [4.78, 5) is 0. The third-order valence-electron chi connectivity index (χ3n) is 3.43. The van der Waals surface area contributed by atoms with E-state index in [2.05, 4.69) is 18.3 Å². The van der Waals surface area contributed by atoms with Crippen LogP contribution in [0.2, 0.25) is 0 Å². The Balaban J connectivity index is 1.74. The van der Waals surface area contributed by atoms with Gasteiger partial charge in [0.1, 0.15) is 5.76 Å². The highest BCUT2D eigenvalue weighted by atomic mass is 16.3. The number of hydrogen-bond acceptors (Lipinski definition) is 2. The molecule has 1 fully saturated rings. The first-order valence-electron chi connectivity index (χ1n) is 6.24. The molecule has 0 radical (unpaired) electrons. The molecule has 0 saturated heterocycles. The van der Waals surface area contributed by atoms with E-state index < -0.39 is 0 Å². The molecule has 2 nitrogen and oxygen atoms in total. The molecule has 0 unspecified atom stereocenters. The quantitative estimate of drug-likeness (QED) is 0.837. The van der Waals surface area contributed by atoms with E-state index in [4.69, 9.17) is 4.42 Å². The molecule has 0 amide bonds. The van der Waals surface area contributed by atoms with Crippen LogP contribution in [-0.4, -0.2) is 12.1 Å². The van der Waals surface area contributed by atoms with Gasteiger partial charge in [-0.2, -0.15) is 0 Å². The van der Waals surface area contributed by atoms with Gasteiger partial charge in [0, 0.05) is 12.1 Å². The highest BCUT2D eigenvalue weighted by molar-refractivity contribution is 5.42. The lowest BCUT2D eigenvalue weighted by atomic mass is 9.83. The van der Waals surface area contributed by atoms with Gasteiger partial charge in [0.05, 0.1) is 6.26 Å². The number of furan rings is 1.